The van der Waals surface area contributed by atoms with Crippen molar-refractivity contribution in [3.8, 4) is 0 Å². The fraction of sp³-hybridized carbons (Fsp3) is 0.467. The molecule has 3 heteroatoms. The highest BCUT2D eigenvalue weighted by Gasteiger charge is 2.21. The Bertz CT molecular complexity index is 588. The lowest BCUT2D eigenvalue weighted by Crippen LogP contribution is -2.18. The SMILES string of the molecule is CCCc1sc2ccc(Cl)c3c2c1CN(C)CC3. The molecule has 0 atom stereocenters. The topological polar surface area (TPSA) is 3.24 Å². The van der Waals surface area contributed by atoms with Gasteiger partial charge in [-0.3, -0.25) is 0 Å². The fourth-order valence-electron chi connectivity index (χ4n) is 2.84. The minimum Gasteiger partial charge on any atom is -0.302 e. The molecule has 1 aliphatic rings. The third kappa shape index (κ3) is 1.97. The van der Waals surface area contributed by atoms with Crippen molar-refractivity contribution in [2.45, 2.75) is 32.7 Å². The van der Waals surface area contributed by atoms with Gasteiger partial charge < -0.3 is 4.90 Å². The Morgan fingerprint density at radius 2 is 2.17 bits per heavy atom. The van der Waals surface area contributed by atoms with E-state index in [1.54, 1.807) is 4.88 Å². The minimum atomic E-state index is 0.944. The Kier molecular flexibility index (Phi) is 3.35. The van der Waals surface area contributed by atoms with Crippen LogP contribution in [0.2, 0.25) is 5.02 Å². The van der Waals surface area contributed by atoms with E-state index in [2.05, 4.69) is 31.0 Å². The predicted molar refractivity (Wildman–Crippen MR) is 80.9 cm³/mol. The van der Waals surface area contributed by atoms with Gasteiger partial charge >= 0.3 is 0 Å². The molecule has 0 N–H and O–H groups in total. The Balaban J connectivity index is 2.28. The van der Waals surface area contributed by atoms with Crippen LogP contribution in [0.3, 0.4) is 0 Å². The van der Waals surface area contributed by atoms with Gasteiger partial charge in [-0.15, -0.1) is 11.3 Å². The van der Waals surface area contributed by atoms with Gasteiger partial charge in [0.25, 0.3) is 0 Å². The maximum Gasteiger partial charge on any atom is 0.0445 e. The van der Waals surface area contributed by atoms with Crippen molar-refractivity contribution < 1.29 is 0 Å². The van der Waals surface area contributed by atoms with Crippen LogP contribution in [0.5, 0.6) is 0 Å². The lowest BCUT2D eigenvalue weighted by atomic mass is 10.0. The molecule has 1 aromatic heterocycles. The number of rotatable bonds is 2. The molecule has 2 heterocycles. The molecule has 3 rings (SSSR count). The van der Waals surface area contributed by atoms with Gasteiger partial charge in [0.2, 0.25) is 0 Å². The molecule has 0 unspecified atom stereocenters. The number of benzene rings is 1. The largest absolute Gasteiger partial charge is 0.302 e. The molecule has 96 valence electrons. The van der Waals surface area contributed by atoms with E-state index in [0.29, 0.717) is 0 Å². The first-order valence-corrected chi connectivity index (χ1v) is 7.80. The minimum absolute atomic E-state index is 0.944. The summed E-state index contributed by atoms with van der Waals surface area (Å²) in [5, 5.41) is 2.40. The second-order valence-corrected chi connectivity index (χ2v) is 6.68. The number of thiophene rings is 1. The van der Waals surface area contributed by atoms with Crippen molar-refractivity contribution in [2.24, 2.45) is 0 Å². The third-order valence-corrected chi connectivity index (χ3v) is 5.35. The summed E-state index contributed by atoms with van der Waals surface area (Å²) in [5.74, 6) is 0. The molecule has 1 aromatic carbocycles. The first-order chi connectivity index (χ1) is 8.70. The lowest BCUT2D eigenvalue weighted by molar-refractivity contribution is 0.336. The molecule has 18 heavy (non-hydrogen) atoms. The zero-order chi connectivity index (χ0) is 12.7. The smallest absolute Gasteiger partial charge is 0.0445 e. The molecule has 0 radical (unpaired) electrons. The number of hydrogen-bond acceptors (Lipinski definition) is 2. The summed E-state index contributed by atoms with van der Waals surface area (Å²) in [4.78, 5) is 3.97. The van der Waals surface area contributed by atoms with E-state index in [-0.39, 0.29) is 0 Å². The van der Waals surface area contributed by atoms with Crippen molar-refractivity contribution in [1.29, 1.82) is 0 Å². The first-order valence-electron chi connectivity index (χ1n) is 6.61. The van der Waals surface area contributed by atoms with E-state index < -0.39 is 0 Å². The van der Waals surface area contributed by atoms with E-state index in [0.717, 1.165) is 24.5 Å². The van der Waals surface area contributed by atoms with Crippen LogP contribution in [0.15, 0.2) is 12.1 Å². The van der Waals surface area contributed by atoms with Crippen LogP contribution in [-0.2, 0) is 19.4 Å². The van der Waals surface area contributed by atoms with Gasteiger partial charge in [-0.2, -0.15) is 0 Å². The van der Waals surface area contributed by atoms with E-state index in [4.69, 9.17) is 11.6 Å². The molecule has 1 aliphatic heterocycles. The van der Waals surface area contributed by atoms with Crippen molar-refractivity contribution in [3.63, 3.8) is 0 Å². The molecule has 0 saturated carbocycles. The molecule has 0 fully saturated rings. The Labute approximate surface area is 117 Å². The summed E-state index contributed by atoms with van der Waals surface area (Å²) in [6, 6.07) is 4.26. The number of nitrogens with zero attached hydrogens (tertiary/aromatic N) is 1. The standard InChI is InChI=1S/C15H18ClNS/c1-3-4-13-11-9-17(2)8-7-10-12(16)5-6-14(18-13)15(10)11/h5-6H,3-4,7-9H2,1-2H3. The zero-order valence-corrected chi connectivity index (χ0v) is 12.5. The van der Waals surface area contributed by atoms with Crippen LogP contribution in [0, 0.1) is 0 Å². The molecule has 0 saturated heterocycles. The molecular weight excluding hydrogens is 262 g/mol. The zero-order valence-electron chi connectivity index (χ0n) is 10.9. The maximum atomic E-state index is 6.40. The average molecular weight is 280 g/mol. The molecule has 0 spiro atoms. The molecule has 1 nitrogen and oxygen atoms in total. The molecule has 0 bridgehead atoms. The van der Waals surface area contributed by atoms with Gasteiger partial charge in [0.15, 0.2) is 0 Å². The lowest BCUT2D eigenvalue weighted by Gasteiger charge is -2.13. The van der Waals surface area contributed by atoms with E-state index in [9.17, 15) is 0 Å². The first kappa shape index (κ1) is 12.5. The summed E-state index contributed by atoms with van der Waals surface area (Å²) in [6.45, 7) is 4.43. The van der Waals surface area contributed by atoms with Crippen LogP contribution >= 0.6 is 22.9 Å². The number of likely N-dealkylation sites (N-methyl/N-ethyl adjacent to an activating group) is 1. The van der Waals surface area contributed by atoms with E-state index >= 15 is 0 Å². The average Bonchev–Trinajstić information content (AvgIpc) is 2.56. The predicted octanol–water partition coefficient (Wildman–Crippen LogP) is 4.50. The second kappa shape index (κ2) is 4.84. The molecule has 0 amide bonds. The maximum absolute atomic E-state index is 6.40. The van der Waals surface area contributed by atoms with Crippen molar-refractivity contribution in [3.05, 3.63) is 33.2 Å². The molecular formula is C15H18ClNS. The highest BCUT2D eigenvalue weighted by atomic mass is 35.5. The van der Waals surface area contributed by atoms with Gasteiger partial charge in [0.05, 0.1) is 0 Å². The monoisotopic (exact) mass is 279 g/mol. The van der Waals surface area contributed by atoms with Crippen molar-refractivity contribution in [2.75, 3.05) is 13.6 Å². The Hall–Kier alpha value is -0.570. The summed E-state index contributed by atoms with van der Waals surface area (Å²) >= 11 is 8.36. The number of halogens is 1. The highest BCUT2D eigenvalue weighted by molar-refractivity contribution is 7.19. The van der Waals surface area contributed by atoms with Crippen molar-refractivity contribution >= 4 is 33.0 Å². The van der Waals surface area contributed by atoms with Gasteiger partial charge in [0.1, 0.15) is 0 Å². The summed E-state index contributed by atoms with van der Waals surface area (Å²) in [5.41, 5.74) is 2.90. The van der Waals surface area contributed by atoms with Crippen LogP contribution in [-0.4, -0.2) is 18.5 Å². The number of aryl methyl sites for hydroxylation is 1. The number of hydrogen-bond donors (Lipinski definition) is 0. The van der Waals surface area contributed by atoms with Gasteiger partial charge in [-0.1, -0.05) is 24.9 Å². The Morgan fingerprint density at radius 1 is 1.33 bits per heavy atom. The van der Waals surface area contributed by atoms with Crippen LogP contribution in [0.25, 0.3) is 10.1 Å². The third-order valence-electron chi connectivity index (χ3n) is 3.74. The van der Waals surface area contributed by atoms with Gasteiger partial charge in [-0.05, 0) is 43.1 Å². The second-order valence-electron chi connectivity index (χ2n) is 5.14. The molecule has 2 aromatic rings. The molecule has 0 aliphatic carbocycles. The van der Waals surface area contributed by atoms with Crippen LogP contribution < -0.4 is 0 Å². The quantitative estimate of drug-likeness (QED) is 0.783. The normalized spacial score (nSPS) is 16.2. The summed E-state index contributed by atoms with van der Waals surface area (Å²) in [7, 11) is 2.21. The Morgan fingerprint density at radius 3 is 2.94 bits per heavy atom. The van der Waals surface area contributed by atoms with E-state index in [1.165, 1.54) is 34.1 Å². The van der Waals surface area contributed by atoms with Gasteiger partial charge in [-0.25, -0.2) is 0 Å². The highest BCUT2D eigenvalue weighted by Crippen LogP contribution is 2.39. The van der Waals surface area contributed by atoms with Crippen molar-refractivity contribution in [1.82, 2.24) is 4.90 Å². The van der Waals surface area contributed by atoms with Gasteiger partial charge in [0, 0.05) is 33.1 Å². The van der Waals surface area contributed by atoms with E-state index in [1.807, 2.05) is 11.3 Å². The fourth-order valence-corrected chi connectivity index (χ4v) is 4.44. The van der Waals surface area contributed by atoms with Crippen LogP contribution in [0.1, 0.15) is 29.3 Å². The summed E-state index contributed by atoms with van der Waals surface area (Å²) in [6.07, 6.45) is 3.48. The summed E-state index contributed by atoms with van der Waals surface area (Å²) < 4.78 is 1.42. The van der Waals surface area contributed by atoms with Crippen LogP contribution in [0.4, 0.5) is 0 Å².